The van der Waals surface area contributed by atoms with Gasteiger partial charge >= 0.3 is 5.97 Å². The molecule has 0 fully saturated rings. The van der Waals surface area contributed by atoms with Crippen molar-refractivity contribution in [2.45, 2.75) is 6.92 Å². The summed E-state index contributed by atoms with van der Waals surface area (Å²) in [4.78, 5) is 22.8. The lowest BCUT2D eigenvalue weighted by Gasteiger charge is -2.09. The molecule has 0 saturated carbocycles. The molecule has 26 heavy (non-hydrogen) atoms. The molecule has 0 aromatic heterocycles. The average Bonchev–Trinajstić information content (AvgIpc) is 2.62. The number of benzene rings is 2. The number of nitrogens with one attached hydrogen (secondary N) is 1. The van der Waals surface area contributed by atoms with Crippen LogP contribution in [-0.2, 0) is 9.59 Å². The molecular weight excluding hydrogens is 356 g/mol. The van der Waals surface area contributed by atoms with Crippen LogP contribution < -0.4 is 10.1 Å². The Labute approximate surface area is 155 Å². The number of carbonyl (C=O) groups is 2. The first-order valence-corrected chi connectivity index (χ1v) is 7.91. The van der Waals surface area contributed by atoms with Gasteiger partial charge in [0, 0.05) is 10.7 Å². The van der Waals surface area contributed by atoms with E-state index in [0.717, 1.165) is 0 Å². The molecular formula is C19H15ClN2O4. The highest BCUT2D eigenvalue weighted by Gasteiger charge is 2.12. The molecule has 1 amide bonds. The Morgan fingerprint density at radius 3 is 2.58 bits per heavy atom. The van der Waals surface area contributed by atoms with Crippen LogP contribution in [-0.4, -0.2) is 23.6 Å². The van der Waals surface area contributed by atoms with Crippen molar-refractivity contribution in [2.24, 2.45) is 0 Å². The fourth-order valence-corrected chi connectivity index (χ4v) is 2.23. The number of hydrogen-bond donors (Lipinski definition) is 2. The van der Waals surface area contributed by atoms with E-state index in [9.17, 15) is 14.9 Å². The Balaban J connectivity index is 2.14. The highest BCUT2D eigenvalue weighted by molar-refractivity contribution is 6.31. The highest BCUT2D eigenvalue weighted by atomic mass is 35.5. The van der Waals surface area contributed by atoms with Crippen molar-refractivity contribution in [3.8, 4) is 11.8 Å². The molecule has 7 heteroatoms. The lowest BCUT2D eigenvalue weighted by atomic mass is 10.1. The Morgan fingerprint density at radius 1 is 1.27 bits per heavy atom. The second-order valence-electron chi connectivity index (χ2n) is 5.29. The average molecular weight is 371 g/mol. The zero-order chi connectivity index (χ0) is 19.1. The van der Waals surface area contributed by atoms with Gasteiger partial charge in [-0.3, -0.25) is 4.79 Å². The van der Waals surface area contributed by atoms with Crippen LogP contribution in [0.3, 0.4) is 0 Å². The number of ether oxygens (including phenoxy) is 1. The van der Waals surface area contributed by atoms with Crippen molar-refractivity contribution in [1.29, 1.82) is 5.26 Å². The van der Waals surface area contributed by atoms with Crippen molar-refractivity contribution in [3.63, 3.8) is 0 Å². The summed E-state index contributed by atoms with van der Waals surface area (Å²) in [6.07, 6.45) is 1.43. The number of nitriles is 1. The summed E-state index contributed by atoms with van der Waals surface area (Å²) < 4.78 is 5.03. The molecule has 2 N–H and O–H groups in total. The number of amides is 1. The van der Waals surface area contributed by atoms with Crippen LogP contribution in [0, 0.1) is 18.3 Å². The predicted octanol–water partition coefficient (Wildman–Crippen LogP) is 3.66. The van der Waals surface area contributed by atoms with Crippen molar-refractivity contribution in [1.82, 2.24) is 0 Å². The highest BCUT2D eigenvalue weighted by Crippen LogP contribution is 2.23. The van der Waals surface area contributed by atoms with E-state index in [0.29, 0.717) is 27.6 Å². The fourth-order valence-electron chi connectivity index (χ4n) is 2.05. The molecule has 0 aliphatic carbocycles. The van der Waals surface area contributed by atoms with E-state index in [1.807, 2.05) is 6.07 Å². The van der Waals surface area contributed by atoms with Gasteiger partial charge in [-0.25, -0.2) is 4.79 Å². The number of carboxylic acids is 1. The van der Waals surface area contributed by atoms with E-state index in [4.69, 9.17) is 21.4 Å². The summed E-state index contributed by atoms with van der Waals surface area (Å²) in [5.74, 6) is -1.25. The molecule has 2 aromatic carbocycles. The standard InChI is InChI=1S/C19H15ClN2O4/c1-12-16(20)3-2-4-17(12)22-19(25)14(10-21)9-13-5-7-15(8-6-13)26-11-18(23)24/h2-9H,11H2,1H3,(H,22,25)(H,23,24). The predicted molar refractivity (Wildman–Crippen MR) is 98.0 cm³/mol. The second kappa shape index (κ2) is 8.70. The van der Waals surface area contributed by atoms with Crippen LogP contribution in [0.1, 0.15) is 11.1 Å². The molecule has 0 atom stereocenters. The maximum Gasteiger partial charge on any atom is 0.341 e. The molecule has 0 saturated heterocycles. The minimum atomic E-state index is -1.08. The van der Waals surface area contributed by atoms with Gasteiger partial charge in [0.25, 0.3) is 5.91 Å². The molecule has 132 valence electrons. The molecule has 0 aliphatic heterocycles. The van der Waals surface area contributed by atoms with E-state index >= 15 is 0 Å². The number of anilines is 1. The van der Waals surface area contributed by atoms with E-state index < -0.39 is 18.5 Å². The van der Waals surface area contributed by atoms with Crippen LogP contribution >= 0.6 is 11.6 Å². The van der Waals surface area contributed by atoms with E-state index in [1.54, 1.807) is 49.4 Å². The quantitative estimate of drug-likeness (QED) is 0.597. The molecule has 0 heterocycles. The maximum atomic E-state index is 12.3. The summed E-state index contributed by atoms with van der Waals surface area (Å²) in [5.41, 5.74) is 1.76. The molecule has 0 spiro atoms. The SMILES string of the molecule is Cc1c(Cl)cccc1NC(=O)C(C#N)=Cc1ccc(OCC(=O)O)cc1. The van der Waals surface area contributed by atoms with Gasteiger partial charge < -0.3 is 15.2 Å². The lowest BCUT2D eigenvalue weighted by molar-refractivity contribution is -0.139. The first kappa shape index (κ1) is 19.0. The summed E-state index contributed by atoms with van der Waals surface area (Å²) in [5, 5.41) is 21.0. The molecule has 0 aliphatic rings. The van der Waals surface area contributed by atoms with E-state index in [2.05, 4.69) is 5.32 Å². The molecule has 2 rings (SSSR count). The van der Waals surface area contributed by atoms with E-state index in [1.165, 1.54) is 6.08 Å². The van der Waals surface area contributed by atoms with Gasteiger partial charge in [0.2, 0.25) is 0 Å². The van der Waals surface area contributed by atoms with Crippen LogP contribution in [0.2, 0.25) is 5.02 Å². The monoisotopic (exact) mass is 370 g/mol. The van der Waals surface area contributed by atoms with Crippen LogP contribution in [0.4, 0.5) is 5.69 Å². The Kier molecular flexibility index (Phi) is 6.36. The first-order chi connectivity index (χ1) is 12.4. The number of rotatable bonds is 6. The molecule has 2 aromatic rings. The summed E-state index contributed by atoms with van der Waals surface area (Å²) in [7, 11) is 0. The van der Waals surface area contributed by atoms with Gasteiger partial charge in [0.15, 0.2) is 6.61 Å². The summed E-state index contributed by atoms with van der Waals surface area (Å²) in [6, 6.07) is 13.3. The topological polar surface area (TPSA) is 99.4 Å². The maximum absolute atomic E-state index is 12.3. The minimum Gasteiger partial charge on any atom is -0.482 e. The first-order valence-electron chi connectivity index (χ1n) is 7.53. The van der Waals surface area contributed by atoms with Crippen molar-refractivity contribution < 1.29 is 19.4 Å². The van der Waals surface area contributed by atoms with Crippen molar-refractivity contribution in [3.05, 3.63) is 64.2 Å². The normalized spacial score (nSPS) is 10.7. The number of nitrogens with zero attached hydrogens (tertiary/aromatic N) is 1. The molecule has 6 nitrogen and oxygen atoms in total. The van der Waals surface area contributed by atoms with Crippen LogP contribution in [0.25, 0.3) is 6.08 Å². The summed E-state index contributed by atoms with van der Waals surface area (Å²) in [6.45, 7) is 1.32. The number of carboxylic acid groups (broad SMARTS) is 1. The smallest absolute Gasteiger partial charge is 0.341 e. The molecule has 0 radical (unpaired) electrons. The number of halogens is 1. The Morgan fingerprint density at radius 2 is 1.96 bits per heavy atom. The number of aliphatic carboxylic acids is 1. The third kappa shape index (κ3) is 5.10. The van der Waals surface area contributed by atoms with Gasteiger partial charge in [-0.15, -0.1) is 0 Å². The van der Waals surface area contributed by atoms with Gasteiger partial charge in [-0.1, -0.05) is 29.8 Å². The van der Waals surface area contributed by atoms with Crippen LogP contribution in [0.15, 0.2) is 48.0 Å². The van der Waals surface area contributed by atoms with Crippen molar-refractivity contribution in [2.75, 3.05) is 11.9 Å². The number of hydrogen-bond acceptors (Lipinski definition) is 4. The van der Waals surface area contributed by atoms with Gasteiger partial charge in [0.05, 0.1) is 0 Å². The zero-order valence-electron chi connectivity index (χ0n) is 13.8. The third-order valence-corrected chi connectivity index (χ3v) is 3.84. The van der Waals surface area contributed by atoms with Gasteiger partial charge in [-0.05, 0) is 48.4 Å². The Hall–Kier alpha value is -3.30. The Bertz CT molecular complexity index is 899. The minimum absolute atomic E-state index is 0.0800. The number of carbonyl (C=O) groups excluding carboxylic acids is 1. The van der Waals surface area contributed by atoms with Gasteiger partial charge in [-0.2, -0.15) is 5.26 Å². The zero-order valence-corrected chi connectivity index (χ0v) is 14.6. The fraction of sp³-hybridized carbons (Fsp3) is 0.105. The van der Waals surface area contributed by atoms with Crippen LogP contribution in [0.5, 0.6) is 5.75 Å². The third-order valence-electron chi connectivity index (χ3n) is 3.43. The molecule has 0 unspecified atom stereocenters. The van der Waals surface area contributed by atoms with Gasteiger partial charge in [0.1, 0.15) is 17.4 Å². The largest absolute Gasteiger partial charge is 0.482 e. The second-order valence-corrected chi connectivity index (χ2v) is 5.69. The molecule has 0 bridgehead atoms. The summed E-state index contributed by atoms with van der Waals surface area (Å²) >= 11 is 6.02. The van der Waals surface area contributed by atoms with Crippen molar-refractivity contribution >= 4 is 35.2 Å². The lowest BCUT2D eigenvalue weighted by Crippen LogP contribution is -2.14. The van der Waals surface area contributed by atoms with E-state index in [-0.39, 0.29) is 5.57 Å².